The van der Waals surface area contributed by atoms with Crippen LogP contribution in [0.3, 0.4) is 0 Å². The normalized spacial score (nSPS) is 25.5. The Morgan fingerprint density at radius 3 is 2.17 bits per heavy atom. The Balaban J connectivity index is 1.35. The standard InChI is InChI=1S/C25H32N2O2/c1-18(2)25(29,20-12-8-5-9-13-20)24(28)26(3)15-21-22-16-27(17-23(21)22)14-19-10-6-4-7-11-19/h4-13,18,21-23,29H,14-17H2,1-3H3/t21?,22-,23+,25-/m0/s1. The van der Waals surface area contributed by atoms with E-state index in [4.69, 9.17) is 0 Å². The summed E-state index contributed by atoms with van der Waals surface area (Å²) in [5, 5.41) is 11.3. The highest BCUT2D eigenvalue weighted by atomic mass is 16.3. The van der Waals surface area contributed by atoms with Crippen molar-refractivity contribution in [3.8, 4) is 0 Å². The summed E-state index contributed by atoms with van der Waals surface area (Å²) in [4.78, 5) is 17.5. The van der Waals surface area contributed by atoms with Crippen molar-refractivity contribution >= 4 is 5.91 Å². The molecule has 1 unspecified atom stereocenters. The van der Waals surface area contributed by atoms with Gasteiger partial charge in [0.2, 0.25) is 0 Å². The first-order valence-electron chi connectivity index (χ1n) is 10.7. The first-order chi connectivity index (χ1) is 13.9. The highest BCUT2D eigenvalue weighted by Crippen LogP contribution is 2.52. The Morgan fingerprint density at radius 1 is 1.07 bits per heavy atom. The van der Waals surface area contributed by atoms with E-state index in [1.165, 1.54) is 5.56 Å². The highest BCUT2D eigenvalue weighted by Gasteiger charge is 2.56. The first-order valence-corrected chi connectivity index (χ1v) is 10.7. The fourth-order valence-corrected chi connectivity index (χ4v) is 5.06. The summed E-state index contributed by atoms with van der Waals surface area (Å²) in [6.45, 7) is 7.78. The molecular formula is C25H32N2O2. The number of nitrogens with zero attached hydrogens (tertiary/aromatic N) is 2. The lowest BCUT2D eigenvalue weighted by atomic mass is 9.82. The number of fused-ring (bicyclic) bond motifs is 1. The Bertz CT molecular complexity index is 826. The number of likely N-dealkylation sites (tertiary alicyclic amines) is 1. The largest absolute Gasteiger partial charge is 0.375 e. The summed E-state index contributed by atoms with van der Waals surface area (Å²) in [6, 6.07) is 20.0. The summed E-state index contributed by atoms with van der Waals surface area (Å²) in [6.07, 6.45) is 0. The van der Waals surface area contributed by atoms with Gasteiger partial charge in [-0.2, -0.15) is 0 Å². The number of hydrogen-bond donors (Lipinski definition) is 1. The van der Waals surface area contributed by atoms with Crippen LogP contribution in [0.25, 0.3) is 0 Å². The van der Waals surface area contributed by atoms with Crippen molar-refractivity contribution in [2.24, 2.45) is 23.7 Å². The first kappa shape index (κ1) is 20.1. The molecule has 1 saturated heterocycles. The molecule has 29 heavy (non-hydrogen) atoms. The molecule has 2 aromatic carbocycles. The van der Waals surface area contributed by atoms with Crippen molar-refractivity contribution in [1.29, 1.82) is 0 Å². The average molecular weight is 393 g/mol. The number of carbonyl (C=O) groups excluding carboxylic acids is 1. The van der Waals surface area contributed by atoms with Crippen LogP contribution in [0.15, 0.2) is 60.7 Å². The molecule has 1 N–H and O–H groups in total. The summed E-state index contributed by atoms with van der Waals surface area (Å²) >= 11 is 0. The fraction of sp³-hybridized carbons (Fsp3) is 0.480. The van der Waals surface area contributed by atoms with E-state index in [9.17, 15) is 9.90 Å². The Hall–Kier alpha value is -2.17. The van der Waals surface area contributed by atoms with Crippen LogP contribution in [-0.2, 0) is 16.9 Å². The molecule has 1 saturated carbocycles. The van der Waals surface area contributed by atoms with Crippen LogP contribution in [-0.4, -0.2) is 47.5 Å². The van der Waals surface area contributed by atoms with Crippen LogP contribution in [0, 0.1) is 23.7 Å². The van der Waals surface area contributed by atoms with E-state index in [2.05, 4.69) is 35.2 Å². The summed E-state index contributed by atoms with van der Waals surface area (Å²) < 4.78 is 0. The molecule has 4 rings (SSSR count). The number of amides is 1. The quantitative estimate of drug-likeness (QED) is 0.786. The molecule has 1 amide bonds. The van der Waals surface area contributed by atoms with E-state index < -0.39 is 5.60 Å². The van der Waals surface area contributed by atoms with Crippen molar-refractivity contribution in [2.45, 2.75) is 26.0 Å². The van der Waals surface area contributed by atoms with Crippen LogP contribution >= 0.6 is 0 Å². The zero-order chi connectivity index (χ0) is 20.6. The van der Waals surface area contributed by atoms with Crippen molar-refractivity contribution < 1.29 is 9.90 Å². The SMILES string of the molecule is CC(C)[C@@](O)(C(=O)N(C)CC1[C@H]2CN(Cc3ccccc3)C[C@@H]12)c1ccccc1. The number of carbonyl (C=O) groups is 1. The predicted molar refractivity (Wildman–Crippen MR) is 115 cm³/mol. The van der Waals surface area contributed by atoms with Gasteiger partial charge < -0.3 is 10.0 Å². The molecule has 154 valence electrons. The Labute approximate surface area is 174 Å². The zero-order valence-corrected chi connectivity index (χ0v) is 17.7. The monoisotopic (exact) mass is 392 g/mol. The number of piperidine rings is 1. The number of benzene rings is 2. The summed E-state index contributed by atoms with van der Waals surface area (Å²) in [5.41, 5.74) is 0.568. The molecule has 2 fully saturated rings. The molecule has 0 bridgehead atoms. The number of hydrogen-bond acceptors (Lipinski definition) is 3. The second-order valence-corrected chi connectivity index (χ2v) is 9.14. The number of likely N-dealkylation sites (N-methyl/N-ethyl adjacent to an activating group) is 1. The van der Waals surface area contributed by atoms with Crippen molar-refractivity contribution in [3.05, 3.63) is 71.8 Å². The van der Waals surface area contributed by atoms with E-state index in [1.54, 1.807) is 4.90 Å². The van der Waals surface area contributed by atoms with Gasteiger partial charge in [-0.15, -0.1) is 0 Å². The molecule has 2 aliphatic rings. The minimum Gasteiger partial charge on any atom is -0.375 e. The molecule has 2 aromatic rings. The third-order valence-corrected chi connectivity index (χ3v) is 6.90. The minimum atomic E-state index is -1.47. The van der Waals surface area contributed by atoms with Gasteiger partial charge in [0.15, 0.2) is 5.60 Å². The molecule has 4 nitrogen and oxygen atoms in total. The molecule has 4 heteroatoms. The number of rotatable bonds is 7. The van der Waals surface area contributed by atoms with E-state index in [-0.39, 0.29) is 11.8 Å². The van der Waals surface area contributed by atoms with Crippen LogP contribution in [0.2, 0.25) is 0 Å². The van der Waals surface area contributed by atoms with Gasteiger partial charge in [0, 0.05) is 33.2 Å². The Kier molecular flexibility index (Phi) is 5.50. The molecular weight excluding hydrogens is 360 g/mol. The third-order valence-electron chi connectivity index (χ3n) is 6.90. The maximum atomic E-state index is 13.3. The van der Waals surface area contributed by atoms with Gasteiger partial charge in [0.05, 0.1) is 0 Å². The Morgan fingerprint density at radius 2 is 1.62 bits per heavy atom. The van der Waals surface area contributed by atoms with Crippen molar-refractivity contribution in [2.75, 3.05) is 26.7 Å². The highest BCUT2D eigenvalue weighted by molar-refractivity contribution is 5.86. The molecule has 1 aliphatic carbocycles. The molecule has 0 aromatic heterocycles. The average Bonchev–Trinajstić information content (AvgIpc) is 3.17. The van der Waals surface area contributed by atoms with Gasteiger partial charge in [-0.3, -0.25) is 9.69 Å². The molecule has 0 spiro atoms. The van der Waals surface area contributed by atoms with E-state index >= 15 is 0 Å². The second-order valence-electron chi connectivity index (χ2n) is 9.14. The minimum absolute atomic E-state index is 0.190. The maximum absolute atomic E-state index is 13.3. The number of aliphatic hydroxyl groups is 1. The third kappa shape index (κ3) is 3.84. The van der Waals surface area contributed by atoms with Crippen molar-refractivity contribution in [3.63, 3.8) is 0 Å². The van der Waals surface area contributed by atoms with E-state index in [1.807, 2.05) is 51.2 Å². The second kappa shape index (κ2) is 7.92. The van der Waals surface area contributed by atoms with Gasteiger partial charge in [-0.05, 0) is 34.8 Å². The van der Waals surface area contributed by atoms with Crippen LogP contribution in [0.1, 0.15) is 25.0 Å². The molecule has 0 radical (unpaired) electrons. The molecule has 1 aliphatic heterocycles. The van der Waals surface area contributed by atoms with E-state index in [0.717, 1.165) is 26.2 Å². The van der Waals surface area contributed by atoms with Gasteiger partial charge in [0.1, 0.15) is 0 Å². The van der Waals surface area contributed by atoms with Crippen LogP contribution in [0.4, 0.5) is 0 Å². The lowest BCUT2D eigenvalue weighted by Gasteiger charge is -2.35. The maximum Gasteiger partial charge on any atom is 0.259 e. The lowest BCUT2D eigenvalue weighted by molar-refractivity contribution is -0.156. The summed E-state index contributed by atoms with van der Waals surface area (Å²) in [5.74, 6) is 1.53. The lowest BCUT2D eigenvalue weighted by Crippen LogP contribution is -2.49. The smallest absolute Gasteiger partial charge is 0.259 e. The van der Waals surface area contributed by atoms with Crippen molar-refractivity contribution in [1.82, 2.24) is 9.80 Å². The van der Waals surface area contributed by atoms with Gasteiger partial charge in [-0.1, -0.05) is 74.5 Å². The van der Waals surface area contributed by atoms with E-state index in [0.29, 0.717) is 23.3 Å². The van der Waals surface area contributed by atoms with Crippen LogP contribution < -0.4 is 0 Å². The molecule has 4 atom stereocenters. The van der Waals surface area contributed by atoms with Gasteiger partial charge >= 0.3 is 0 Å². The van der Waals surface area contributed by atoms with Gasteiger partial charge in [-0.25, -0.2) is 0 Å². The predicted octanol–water partition coefficient (Wildman–Crippen LogP) is 3.37. The molecule has 1 heterocycles. The summed E-state index contributed by atoms with van der Waals surface area (Å²) in [7, 11) is 1.84. The fourth-order valence-electron chi connectivity index (χ4n) is 5.06. The topological polar surface area (TPSA) is 43.8 Å². The zero-order valence-electron chi connectivity index (χ0n) is 17.7. The van der Waals surface area contributed by atoms with Gasteiger partial charge in [0.25, 0.3) is 5.91 Å². The van der Waals surface area contributed by atoms with Crippen LogP contribution in [0.5, 0.6) is 0 Å².